The lowest BCUT2D eigenvalue weighted by Crippen LogP contribution is -2.39. The normalized spacial score (nSPS) is 17.4. The van der Waals surface area contributed by atoms with Crippen LogP contribution in [0.3, 0.4) is 0 Å². The summed E-state index contributed by atoms with van der Waals surface area (Å²) in [5.41, 5.74) is 1.89. The zero-order chi connectivity index (χ0) is 16.8. The summed E-state index contributed by atoms with van der Waals surface area (Å²) in [4.78, 5) is 26.7. The molecule has 0 bridgehead atoms. The van der Waals surface area contributed by atoms with E-state index in [-0.39, 0.29) is 5.91 Å². The minimum atomic E-state index is -0.717. The number of esters is 1. The number of carbonyl (C=O) groups excluding carboxylic acids is 2. The fraction of sp³-hybridized carbons (Fsp3) is 0.556. The molecular weight excluding hydrogens is 294 g/mol. The van der Waals surface area contributed by atoms with Crippen LogP contribution in [0.25, 0.3) is 0 Å². The predicted octanol–water partition coefficient (Wildman–Crippen LogP) is 2.95. The van der Waals surface area contributed by atoms with Gasteiger partial charge in [0.05, 0.1) is 19.4 Å². The Labute approximate surface area is 137 Å². The number of hydrogen-bond acceptors (Lipinski definition) is 4. The molecule has 0 spiro atoms. The van der Waals surface area contributed by atoms with Gasteiger partial charge in [0, 0.05) is 12.6 Å². The molecule has 0 N–H and O–H groups in total. The molecule has 0 radical (unpaired) electrons. The third-order valence-electron chi connectivity index (χ3n) is 4.19. The van der Waals surface area contributed by atoms with Gasteiger partial charge in [0.25, 0.3) is 0 Å². The van der Waals surface area contributed by atoms with Gasteiger partial charge < -0.3 is 14.4 Å². The molecule has 1 aromatic rings. The summed E-state index contributed by atoms with van der Waals surface area (Å²) >= 11 is 0. The third kappa shape index (κ3) is 3.84. The Morgan fingerprint density at radius 2 is 2.13 bits per heavy atom. The number of unbranched alkanes of at least 4 members (excludes halogenated alkanes) is 1. The lowest BCUT2D eigenvalue weighted by atomic mass is 10.0. The molecule has 5 nitrogen and oxygen atoms in total. The van der Waals surface area contributed by atoms with E-state index in [0.717, 1.165) is 24.1 Å². The Bertz CT molecular complexity index is 570. The molecule has 1 aliphatic rings. The number of nitrogens with zero attached hydrogens (tertiary/aromatic N) is 1. The first kappa shape index (κ1) is 17.3. The Balaban J connectivity index is 2.23. The van der Waals surface area contributed by atoms with Crippen LogP contribution in [0.5, 0.6) is 5.75 Å². The van der Waals surface area contributed by atoms with E-state index in [1.165, 1.54) is 0 Å². The molecule has 1 unspecified atom stereocenters. The predicted molar refractivity (Wildman–Crippen MR) is 88.7 cm³/mol. The van der Waals surface area contributed by atoms with Crippen molar-refractivity contribution in [3.8, 4) is 5.75 Å². The summed E-state index contributed by atoms with van der Waals surface area (Å²) in [5, 5.41) is 0. The molecule has 5 heteroatoms. The van der Waals surface area contributed by atoms with Crippen molar-refractivity contribution in [2.24, 2.45) is 5.92 Å². The number of rotatable bonds is 6. The smallest absolute Gasteiger partial charge is 0.318 e. The van der Waals surface area contributed by atoms with Gasteiger partial charge in [0.2, 0.25) is 5.91 Å². The Morgan fingerprint density at radius 3 is 2.78 bits per heavy atom. The van der Waals surface area contributed by atoms with Crippen LogP contribution in [0.15, 0.2) is 18.2 Å². The maximum absolute atomic E-state index is 12.8. The molecular formula is C18H25NO4. The van der Waals surface area contributed by atoms with Crippen LogP contribution < -0.4 is 9.64 Å². The molecule has 0 fully saturated rings. The molecule has 2 rings (SSSR count). The Kier molecular flexibility index (Phi) is 6.02. The summed E-state index contributed by atoms with van der Waals surface area (Å²) in [6.45, 7) is 4.84. The molecule has 23 heavy (non-hydrogen) atoms. The van der Waals surface area contributed by atoms with Crippen molar-refractivity contribution in [1.29, 1.82) is 0 Å². The SMILES string of the molecule is CCCCOC(=O)C1CCc2ccc(OC)cc2N(CC)C1=O. The number of benzene rings is 1. The van der Waals surface area contributed by atoms with Gasteiger partial charge in [0.15, 0.2) is 0 Å². The van der Waals surface area contributed by atoms with E-state index in [9.17, 15) is 9.59 Å². The second-order valence-electron chi connectivity index (χ2n) is 5.69. The first-order valence-electron chi connectivity index (χ1n) is 8.27. The minimum Gasteiger partial charge on any atom is -0.497 e. The van der Waals surface area contributed by atoms with Crippen molar-refractivity contribution in [1.82, 2.24) is 0 Å². The molecule has 0 saturated carbocycles. The number of hydrogen-bond donors (Lipinski definition) is 0. The van der Waals surface area contributed by atoms with E-state index in [1.54, 1.807) is 12.0 Å². The van der Waals surface area contributed by atoms with Crippen molar-refractivity contribution in [2.75, 3.05) is 25.2 Å². The highest BCUT2D eigenvalue weighted by atomic mass is 16.5. The zero-order valence-electron chi connectivity index (χ0n) is 14.1. The Morgan fingerprint density at radius 1 is 1.35 bits per heavy atom. The van der Waals surface area contributed by atoms with E-state index >= 15 is 0 Å². The quantitative estimate of drug-likeness (QED) is 0.459. The molecule has 1 amide bonds. The number of aryl methyl sites for hydroxylation is 1. The molecule has 0 saturated heterocycles. The van der Waals surface area contributed by atoms with Gasteiger partial charge in [-0.25, -0.2) is 0 Å². The van der Waals surface area contributed by atoms with E-state index in [0.29, 0.717) is 31.7 Å². The number of methoxy groups -OCH3 is 1. The van der Waals surface area contributed by atoms with Gasteiger partial charge in [-0.2, -0.15) is 0 Å². The molecule has 1 aliphatic heterocycles. The average molecular weight is 319 g/mol. The van der Waals surface area contributed by atoms with Crippen LogP contribution in [0.2, 0.25) is 0 Å². The van der Waals surface area contributed by atoms with Gasteiger partial charge >= 0.3 is 5.97 Å². The number of ether oxygens (including phenoxy) is 2. The van der Waals surface area contributed by atoms with Gasteiger partial charge in [0.1, 0.15) is 11.7 Å². The summed E-state index contributed by atoms with van der Waals surface area (Å²) in [5.74, 6) is -0.591. The second kappa shape index (κ2) is 7.99. The highest BCUT2D eigenvalue weighted by Gasteiger charge is 2.35. The summed E-state index contributed by atoms with van der Waals surface area (Å²) in [6, 6.07) is 5.72. The third-order valence-corrected chi connectivity index (χ3v) is 4.19. The summed E-state index contributed by atoms with van der Waals surface area (Å²) in [7, 11) is 1.60. The molecule has 1 heterocycles. The van der Waals surface area contributed by atoms with Crippen molar-refractivity contribution in [3.05, 3.63) is 23.8 Å². The second-order valence-corrected chi connectivity index (χ2v) is 5.69. The van der Waals surface area contributed by atoms with Crippen molar-refractivity contribution in [3.63, 3.8) is 0 Å². The molecule has 0 aromatic heterocycles. The maximum atomic E-state index is 12.8. The van der Waals surface area contributed by atoms with Crippen LogP contribution in [0.1, 0.15) is 38.7 Å². The minimum absolute atomic E-state index is 0.180. The highest BCUT2D eigenvalue weighted by molar-refractivity contribution is 6.07. The van der Waals surface area contributed by atoms with Crippen LogP contribution in [-0.2, 0) is 20.7 Å². The van der Waals surface area contributed by atoms with E-state index < -0.39 is 11.9 Å². The summed E-state index contributed by atoms with van der Waals surface area (Å²) in [6.07, 6.45) is 2.94. The van der Waals surface area contributed by atoms with Crippen molar-refractivity contribution in [2.45, 2.75) is 39.5 Å². The largest absolute Gasteiger partial charge is 0.497 e. The number of carbonyl (C=O) groups is 2. The van der Waals surface area contributed by atoms with Crippen molar-refractivity contribution >= 4 is 17.6 Å². The summed E-state index contributed by atoms with van der Waals surface area (Å²) < 4.78 is 10.5. The van der Waals surface area contributed by atoms with Crippen LogP contribution >= 0.6 is 0 Å². The molecule has 1 aromatic carbocycles. The van der Waals surface area contributed by atoms with Crippen LogP contribution in [-0.4, -0.2) is 32.1 Å². The van der Waals surface area contributed by atoms with Crippen LogP contribution in [0, 0.1) is 5.92 Å². The van der Waals surface area contributed by atoms with E-state index in [2.05, 4.69) is 0 Å². The highest BCUT2D eigenvalue weighted by Crippen LogP contribution is 2.32. The van der Waals surface area contributed by atoms with Crippen LogP contribution in [0.4, 0.5) is 5.69 Å². The standard InChI is InChI=1S/C18H25NO4/c1-4-6-11-23-18(21)15-10-8-13-7-9-14(22-3)12-16(13)19(5-2)17(15)20/h7,9,12,15H,4-6,8,10-11H2,1-3H3. The number of amides is 1. The molecule has 126 valence electrons. The Hall–Kier alpha value is -2.04. The zero-order valence-corrected chi connectivity index (χ0v) is 14.1. The maximum Gasteiger partial charge on any atom is 0.318 e. The average Bonchev–Trinajstić information content (AvgIpc) is 2.70. The lowest BCUT2D eigenvalue weighted by Gasteiger charge is -2.24. The van der Waals surface area contributed by atoms with Gasteiger partial charge in [-0.05, 0) is 37.8 Å². The van der Waals surface area contributed by atoms with E-state index in [4.69, 9.17) is 9.47 Å². The fourth-order valence-corrected chi connectivity index (χ4v) is 2.83. The van der Waals surface area contributed by atoms with Gasteiger partial charge in [-0.15, -0.1) is 0 Å². The van der Waals surface area contributed by atoms with Crippen molar-refractivity contribution < 1.29 is 19.1 Å². The van der Waals surface area contributed by atoms with E-state index in [1.807, 2.05) is 32.0 Å². The first-order valence-corrected chi connectivity index (χ1v) is 8.27. The van der Waals surface area contributed by atoms with Gasteiger partial charge in [-0.1, -0.05) is 19.4 Å². The lowest BCUT2D eigenvalue weighted by molar-refractivity contribution is -0.152. The van der Waals surface area contributed by atoms with Gasteiger partial charge in [-0.3, -0.25) is 9.59 Å². The molecule has 1 atom stereocenters. The first-order chi connectivity index (χ1) is 11.1. The monoisotopic (exact) mass is 319 g/mol. The number of anilines is 1. The number of fused-ring (bicyclic) bond motifs is 1. The molecule has 0 aliphatic carbocycles. The topological polar surface area (TPSA) is 55.8 Å². The fourth-order valence-electron chi connectivity index (χ4n) is 2.83.